The Labute approximate surface area is 167 Å². The zero-order valence-electron chi connectivity index (χ0n) is 16.2. The molecule has 0 radical (unpaired) electrons. The number of rotatable bonds is 2. The van der Waals surface area contributed by atoms with E-state index in [1.807, 2.05) is 30.3 Å². The lowest BCUT2D eigenvalue weighted by molar-refractivity contribution is -0.116. The number of pyridine rings is 1. The van der Waals surface area contributed by atoms with Gasteiger partial charge in [0.05, 0.1) is 5.52 Å². The largest absolute Gasteiger partial charge is 0.322 e. The van der Waals surface area contributed by atoms with Gasteiger partial charge in [-0.2, -0.15) is 0 Å². The molecule has 2 aliphatic heterocycles. The number of fused-ring (bicyclic) bond motifs is 1. The van der Waals surface area contributed by atoms with Gasteiger partial charge in [0.25, 0.3) is 11.5 Å². The normalized spacial score (nSPS) is 14.7. The van der Waals surface area contributed by atoms with Crippen LogP contribution < -0.4 is 15.8 Å². The van der Waals surface area contributed by atoms with Crippen molar-refractivity contribution in [2.45, 2.75) is 32.7 Å². The van der Waals surface area contributed by atoms with Crippen LogP contribution >= 0.6 is 0 Å². The van der Waals surface area contributed by atoms with Crippen LogP contribution in [0.2, 0.25) is 0 Å². The molecule has 0 unspecified atom stereocenters. The summed E-state index contributed by atoms with van der Waals surface area (Å²) in [7, 11) is 0. The van der Waals surface area contributed by atoms with Crippen LogP contribution in [0.4, 0.5) is 11.4 Å². The number of nitrogens with one attached hydrogen (secondary N) is 1. The topological polar surface area (TPSA) is 71.4 Å². The summed E-state index contributed by atoms with van der Waals surface area (Å²) < 4.78 is 1.73. The Bertz CT molecular complexity index is 1240. The Kier molecular flexibility index (Phi) is 4.01. The lowest BCUT2D eigenvalue weighted by atomic mass is 10.00. The quantitative estimate of drug-likeness (QED) is 0.734. The number of nitrogens with zero attached hydrogens (tertiary/aromatic N) is 2. The van der Waals surface area contributed by atoms with Crippen LogP contribution in [0.1, 0.15) is 34.8 Å². The molecular weight excluding hydrogens is 366 g/mol. The summed E-state index contributed by atoms with van der Waals surface area (Å²) in [4.78, 5) is 39.4. The third-order valence-corrected chi connectivity index (χ3v) is 5.88. The minimum atomic E-state index is -0.405. The highest BCUT2D eigenvalue weighted by molar-refractivity contribution is 6.06. The average Bonchev–Trinajstić information content (AvgIpc) is 3.14. The van der Waals surface area contributed by atoms with Gasteiger partial charge < -0.3 is 14.8 Å². The molecule has 6 heteroatoms. The van der Waals surface area contributed by atoms with Gasteiger partial charge in [-0.15, -0.1) is 0 Å². The van der Waals surface area contributed by atoms with Crippen molar-refractivity contribution < 1.29 is 9.59 Å². The van der Waals surface area contributed by atoms with Gasteiger partial charge in [0.2, 0.25) is 5.91 Å². The Morgan fingerprint density at radius 3 is 2.69 bits per heavy atom. The molecule has 1 aromatic heterocycles. The van der Waals surface area contributed by atoms with Crippen LogP contribution in [0.5, 0.6) is 0 Å². The number of hydrogen-bond donors (Lipinski definition) is 1. The monoisotopic (exact) mass is 387 g/mol. The summed E-state index contributed by atoms with van der Waals surface area (Å²) in [5.41, 5.74) is 4.55. The average molecular weight is 387 g/mol. The van der Waals surface area contributed by atoms with Gasteiger partial charge in [0, 0.05) is 31.4 Å². The first-order valence-corrected chi connectivity index (χ1v) is 9.91. The van der Waals surface area contributed by atoms with E-state index in [-0.39, 0.29) is 17.0 Å². The van der Waals surface area contributed by atoms with Crippen LogP contribution in [-0.2, 0) is 24.2 Å². The van der Waals surface area contributed by atoms with E-state index in [9.17, 15) is 14.4 Å². The van der Waals surface area contributed by atoms with Crippen molar-refractivity contribution >= 4 is 34.1 Å². The predicted octanol–water partition coefficient (Wildman–Crippen LogP) is 3.11. The van der Waals surface area contributed by atoms with Crippen molar-refractivity contribution in [3.63, 3.8) is 0 Å². The van der Waals surface area contributed by atoms with Gasteiger partial charge in [-0.25, -0.2) is 0 Å². The number of hydrogen-bond acceptors (Lipinski definition) is 3. The minimum absolute atomic E-state index is 0.0121. The molecule has 0 spiro atoms. The summed E-state index contributed by atoms with van der Waals surface area (Å²) in [6, 6.07) is 13.2. The second kappa shape index (κ2) is 6.58. The summed E-state index contributed by atoms with van der Waals surface area (Å²) in [5, 5.41) is 3.78. The Balaban J connectivity index is 1.50. The van der Waals surface area contributed by atoms with Gasteiger partial charge in [0.15, 0.2) is 0 Å². The number of amides is 2. The molecule has 1 N–H and O–H groups in total. The van der Waals surface area contributed by atoms with Gasteiger partial charge in [-0.1, -0.05) is 18.2 Å². The Hall–Kier alpha value is -3.41. The van der Waals surface area contributed by atoms with E-state index < -0.39 is 5.91 Å². The number of carbonyl (C=O) groups excluding carboxylic acids is 2. The molecule has 29 heavy (non-hydrogen) atoms. The van der Waals surface area contributed by atoms with Crippen LogP contribution in [0.15, 0.2) is 47.3 Å². The van der Waals surface area contributed by atoms with Crippen molar-refractivity contribution in [2.24, 2.45) is 0 Å². The molecule has 0 fully saturated rings. The number of aromatic nitrogens is 1. The fourth-order valence-corrected chi connectivity index (χ4v) is 4.53. The predicted molar refractivity (Wildman–Crippen MR) is 113 cm³/mol. The first-order valence-electron chi connectivity index (χ1n) is 9.91. The molecule has 2 aromatic carbocycles. The van der Waals surface area contributed by atoms with E-state index >= 15 is 0 Å². The van der Waals surface area contributed by atoms with Gasteiger partial charge in [-0.05, 0) is 60.0 Å². The van der Waals surface area contributed by atoms with Crippen LogP contribution in [0, 0.1) is 0 Å². The first-order chi connectivity index (χ1) is 14.0. The molecule has 5 rings (SSSR count). The van der Waals surface area contributed by atoms with Gasteiger partial charge in [0.1, 0.15) is 5.56 Å². The zero-order chi connectivity index (χ0) is 20.1. The third kappa shape index (κ3) is 2.83. The summed E-state index contributed by atoms with van der Waals surface area (Å²) in [5.74, 6) is -0.393. The molecule has 2 aliphatic rings. The van der Waals surface area contributed by atoms with Crippen LogP contribution in [0.3, 0.4) is 0 Å². The highest BCUT2D eigenvalue weighted by Gasteiger charge is 2.23. The Morgan fingerprint density at radius 1 is 1.00 bits per heavy atom. The summed E-state index contributed by atoms with van der Waals surface area (Å²) >= 11 is 0. The minimum Gasteiger partial charge on any atom is -0.322 e. The lowest BCUT2D eigenvalue weighted by Crippen LogP contribution is -2.31. The lowest BCUT2D eigenvalue weighted by Gasteiger charge is -2.20. The maximum Gasteiger partial charge on any atom is 0.263 e. The van der Waals surface area contributed by atoms with E-state index in [0.29, 0.717) is 18.8 Å². The maximum absolute atomic E-state index is 13.0. The van der Waals surface area contributed by atoms with Crippen molar-refractivity contribution in [1.82, 2.24) is 4.57 Å². The second-order valence-electron chi connectivity index (χ2n) is 7.69. The maximum atomic E-state index is 13.0. The standard InChI is InChI=1S/C23H21N3O3/c1-14(27)25-11-9-16-12-18(7-8-20(16)25)24-22(28)19-13-17-5-2-4-15-6-3-10-26(21(15)17)23(19)29/h2,4-5,7-8,12-13H,3,6,9-11H2,1H3,(H,24,28). The number of benzene rings is 2. The van der Waals surface area contributed by atoms with E-state index in [1.165, 1.54) is 0 Å². The molecule has 0 saturated heterocycles. The fraction of sp³-hybridized carbons (Fsp3) is 0.261. The van der Waals surface area contributed by atoms with E-state index in [1.54, 1.807) is 28.5 Å². The van der Waals surface area contributed by atoms with Crippen LogP contribution in [-0.4, -0.2) is 22.9 Å². The molecule has 2 amide bonds. The van der Waals surface area contributed by atoms with E-state index in [4.69, 9.17) is 0 Å². The molecule has 6 nitrogen and oxygen atoms in total. The van der Waals surface area contributed by atoms with Gasteiger partial charge >= 0.3 is 0 Å². The summed E-state index contributed by atoms with van der Waals surface area (Å²) in [6.45, 7) is 2.84. The van der Waals surface area contributed by atoms with Crippen LogP contribution in [0.25, 0.3) is 10.9 Å². The van der Waals surface area contributed by atoms with Crippen molar-refractivity contribution in [3.8, 4) is 0 Å². The molecule has 0 atom stereocenters. The zero-order valence-corrected chi connectivity index (χ0v) is 16.2. The Morgan fingerprint density at radius 2 is 1.86 bits per heavy atom. The molecule has 0 saturated carbocycles. The first kappa shape index (κ1) is 17.7. The van der Waals surface area contributed by atoms with Crippen molar-refractivity contribution in [3.05, 3.63) is 69.5 Å². The molecule has 0 aliphatic carbocycles. The second-order valence-corrected chi connectivity index (χ2v) is 7.69. The molecule has 3 heterocycles. The molecular formula is C23H21N3O3. The molecule has 146 valence electrons. The number of para-hydroxylation sites is 1. The smallest absolute Gasteiger partial charge is 0.263 e. The third-order valence-electron chi connectivity index (χ3n) is 5.88. The molecule has 0 bridgehead atoms. The SMILES string of the molecule is CC(=O)N1CCc2cc(NC(=O)c3cc4cccc5c4n(c3=O)CCC5)ccc21. The fourth-order valence-electron chi connectivity index (χ4n) is 4.53. The number of carbonyl (C=O) groups is 2. The summed E-state index contributed by atoms with van der Waals surface area (Å²) in [6.07, 6.45) is 2.60. The highest BCUT2D eigenvalue weighted by Crippen LogP contribution is 2.31. The van der Waals surface area contributed by atoms with Crippen molar-refractivity contribution in [1.29, 1.82) is 0 Å². The highest BCUT2D eigenvalue weighted by atomic mass is 16.2. The molecule has 3 aromatic rings. The van der Waals surface area contributed by atoms with Gasteiger partial charge in [-0.3, -0.25) is 14.4 Å². The number of aryl methyl sites for hydroxylation is 2. The number of anilines is 2. The van der Waals surface area contributed by atoms with E-state index in [0.717, 1.165) is 47.0 Å². The van der Waals surface area contributed by atoms with E-state index in [2.05, 4.69) is 5.32 Å². The van der Waals surface area contributed by atoms with Crippen molar-refractivity contribution in [2.75, 3.05) is 16.8 Å².